The van der Waals surface area contributed by atoms with E-state index in [0.29, 0.717) is 67.7 Å². The molecule has 0 bridgehead atoms. The maximum absolute atomic E-state index is 12.7. The van der Waals surface area contributed by atoms with Crippen LogP contribution in [0, 0.1) is 0 Å². The van der Waals surface area contributed by atoms with Gasteiger partial charge in [0, 0.05) is 50.5 Å². The molecule has 2 unspecified atom stereocenters. The summed E-state index contributed by atoms with van der Waals surface area (Å²) >= 11 is 0. The second kappa shape index (κ2) is 23.1. The first-order valence-electron chi connectivity index (χ1n) is 23.1. The molecule has 2 atom stereocenters. The Bertz CT molecular complexity index is 2280. The van der Waals surface area contributed by atoms with Crippen molar-refractivity contribution in [3.05, 3.63) is 95.7 Å². The summed E-state index contributed by atoms with van der Waals surface area (Å²) in [5.74, 6) is 4.30. The Morgan fingerprint density at radius 3 is 1.61 bits per heavy atom. The molecular formula is C51H63N5O10. The van der Waals surface area contributed by atoms with Crippen LogP contribution in [0.4, 0.5) is 5.82 Å². The van der Waals surface area contributed by atoms with Crippen LogP contribution in [0.3, 0.4) is 0 Å². The predicted octanol–water partition coefficient (Wildman–Crippen LogP) is 7.07. The smallest absolute Gasteiger partial charge is 0.245 e. The quantitative estimate of drug-likeness (QED) is 0.105. The van der Waals surface area contributed by atoms with E-state index < -0.39 is 0 Å². The van der Waals surface area contributed by atoms with Gasteiger partial charge in [-0.2, -0.15) is 0 Å². The summed E-state index contributed by atoms with van der Waals surface area (Å²) in [6.45, 7) is 1.57. The highest BCUT2D eigenvalue weighted by Crippen LogP contribution is 2.39. The summed E-state index contributed by atoms with van der Waals surface area (Å²) in [7, 11) is 6.47. The van der Waals surface area contributed by atoms with Gasteiger partial charge in [-0.3, -0.25) is 19.2 Å². The lowest BCUT2D eigenvalue weighted by Crippen LogP contribution is -2.38. The number of hydrogen-bond donors (Lipinski definition) is 2. The zero-order chi connectivity index (χ0) is 46.4. The average Bonchev–Trinajstić information content (AvgIpc) is 4.17. The fourth-order valence-corrected chi connectivity index (χ4v) is 9.15. The molecule has 2 N–H and O–H groups in total. The molecule has 0 spiro atoms. The molecule has 2 saturated heterocycles. The Balaban J connectivity index is 0.000000199. The number of ether oxygens (including phenoxy) is 6. The summed E-state index contributed by atoms with van der Waals surface area (Å²) in [5.41, 5.74) is 3.10. The summed E-state index contributed by atoms with van der Waals surface area (Å²) in [6, 6.07) is 22.8. The van der Waals surface area contributed by atoms with Gasteiger partial charge in [-0.25, -0.2) is 4.98 Å². The lowest BCUT2D eigenvalue weighted by molar-refractivity contribution is -0.133. The number of nitrogens with one attached hydrogen (secondary N) is 2. The Labute approximate surface area is 387 Å². The number of nitrogens with zero attached hydrogens (tertiary/aromatic N) is 3. The lowest BCUT2D eigenvalue weighted by atomic mass is 9.98. The fourth-order valence-electron chi connectivity index (χ4n) is 9.15. The summed E-state index contributed by atoms with van der Waals surface area (Å²) in [5, 5.41) is 5.65. The van der Waals surface area contributed by atoms with Crippen LogP contribution in [0.25, 0.3) is 0 Å². The van der Waals surface area contributed by atoms with Gasteiger partial charge in [-0.15, -0.1) is 0 Å². The average molecular weight is 906 g/mol. The molecule has 8 rings (SSSR count). The normalized spacial score (nSPS) is 18.4. The molecular weight excluding hydrogens is 843 g/mol. The van der Waals surface area contributed by atoms with Crippen LogP contribution >= 0.6 is 0 Å². The van der Waals surface area contributed by atoms with Gasteiger partial charge in [0.05, 0.1) is 53.7 Å². The third-order valence-electron chi connectivity index (χ3n) is 12.7. The van der Waals surface area contributed by atoms with Crippen molar-refractivity contribution in [1.29, 1.82) is 0 Å². The van der Waals surface area contributed by atoms with Crippen LogP contribution in [0.15, 0.2) is 79.0 Å². The standard InChI is InChI=1S/C28H36N2O6.C23H27N3O4/c1-33-23-10-8-19(14-25(23)35-3)12-13-29-27(31)18-30-17-21(16-28(30)32)20-9-11-24(34-2)26(15-20)36-22-6-4-5-7-22;1-29-19-10-9-16(12-20(19)30-18-6-2-3-7-18)17-13-23(28)26(14-17)15-22(27)25-21-8-4-5-11-24-21/h8-11,14-15,21-22H,4-7,12-13,16-18H2,1-3H3,(H,29,31);4-5,8-12,17-18H,2-3,6-7,13-15H2,1H3,(H,24,25,27). The molecule has 2 saturated carbocycles. The number of benzene rings is 3. The second-order valence-electron chi connectivity index (χ2n) is 17.3. The van der Waals surface area contributed by atoms with E-state index in [4.69, 9.17) is 28.4 Å². The van der Waals surface area contributed by atoms with Crippen molar-refractivity contribution in [2.24, 2.45) is 0 Å². The van der Waals surface area contributed by atoms with Crippen molar-refractivity contribution in [2.45, 2.75) is 94.7 Å². The van der Waals surface area contributed by atoms with Crippen molar-refractivity contribution in [1.82, 2.24) is 20.1 Å². The third kappa shape index (κ3) is 12.6. The van der Waals surface area contributed by atoms with E-state index in [1.54, 1.807) is 62.6 Å². The number of aromatic nitrogens is 1. The predicted molar refractivity (Wildman–Crippen MR) is 249 cm³/mol. The molecule has 15 nitrogen and oxygen atoms in total. The highest BCUT2D eigenvalue weighted by Gasteiger charge is 2.34. The maximum Gasteiger partial charge on any atom is 0.245 e. The Kier molecular flexibility index (Phi) is 16.6. The van der Waals surface area contributed by atoms with Crippen molar-refractivity contribution >= 4 is 29.4 Å². The molecule has 4 fully saturated rings. The molecule has 2 aliphatic heterocycles. The van der Waals surface area contributed by atoms with Gasteiger partial charge < -0.3 is 48.9 Å². The minimum Gasteiger partial charge on any atom is -0.493 e. The van der Waals surface area contributed by atoms with Gasteiger partial charge in [0.2, 0.25) is 23.6 Å². The molecule has 4 amide bonds. The number of likely N-dealkylation sites (tertiary alicyclic amines) is 2. The van der Waals surface area contributed by atoms with Crippen LogP contribution < -0.4 is 39.1 Å². The number of rotatable bonds is 18. The van der Waals surface area contributed by atoms with Crippen LogP contribution in [0.5, 0.6) is 34.5 Å². The van der Waals surface area contributed by atoms with E-state index in [2.05, 4.69) is 15.6 Å². The fraction of sp³-hybridized carbons (Fsp3) is 0.471. The first-order chi connectivity index (χ1) is 32.1. The molecule has 4 aromatic rings. The molecule has 2 aliphatic carbocycles. The van der Waals surface area contributed by atoms with Crippen molar-refractivity contribution in [3.63, 3.8) is 0 Å². The molecule has 66 heavy (non-hydrogen) atoms. The van der Waals surface area contributed by atoms with Gasteiger partial charge in [0.1, 0.15) is 5.82 Å². The summed E-state index contributed by atoms with van der Waals surface area (Å²) in [6.07, 6.45) is 12.5. The van der Waals surface area contributed by atoms with Gasteiger partial charge in [0.15, 0.2) is 34.5 Å². The Morgan fingerprint density at radius 2 is 1.11 bits per heavy atom. The van der Waals surface area contributed by atoms with Crippen molar-refractivity contribution in [3.8, 4) is 34.5 Å². The second-order valence-corrected chi connectivity index (χ2v) is 17.3. The summed E-state index contributed by atoms with van der Waals surface area (Å²) in [4.78, 5) is 57.4. The number of hydrogen-bond acceptors (Lipinski definition) is 11. The Morgan fingerprint density at radius 1 is 0.606 bits per heavy atom. The van der Waals surface area contributed by atoms with Crippen molar-refractivity contribution < 1.29 is 47.6 Å². The number of pyridine rings is 1. The molecule has 352 valence electrons. The highest BCUT2D eigenvalue weighted by molar-refractivity contribution is 5.94. The Hall–Kier alpha value is -6.51. The monoisotopic (exact) mass is 905 g/mol. The zero-order valence-corrected chi connectivity index (χ0v) is 38.6. The van der Waals surface area contributed by atoms with Gasteiger partial charge in [-0.1, -0.05) is 24.3 Å². The number of methoxy groups -OCH3 is 4. The number of anilines is 1. The largest absolute Gasteiger partial charge is 0.493 e. The van der Waals surface area contributed by atoms with Crippen LogP contribution in [-0.2, 0) is 25.6 Å². The highest BCUT2D eigenvalue weighted by atomic mass is 16.5. The van der Waals surface area contributed by atoms with Gasteiger partial charge in [0.25, 0.3) is 0 Å². The number of carbonyl (C=O) groups excluding carboxylic acids is 4. The summed E-state index contributed by atoms with van der Waals surface area (Å²) < 4.78 is 34.0. The van der Waals surface area contributed by atoms with Crippen LogP contribution in [-0.4, -0.2) is 112 Å². The van der Waals surface area contributed by atoms with E-state index >= 15 is 0 Å². The van der Waals surface area contributed by atoms with E-state index in [1.807, 2.05) is 54.6 Å². The molecule has 1 aromatic heterocycles. The zero-order valence-electron chi connectivity index (χ0n) is 38.6. The molecule has 0 radical (unpaired) electrons. The first-order valence-corrected chi connectivity index (χ1v) is 23.1. The van der Waals surface area contributed by atoms with Gasteiger partial charge in [-0.05, 0) is 123 Å². The van der Waals surface area contributed by atoms with E-state index in [-0.39, 0.29) is 60.8 Å². The molecule has 3 aromatic carbocycles. The number of carbonyl (C=O) groups is 4. The van der Waals surface area contributed by atoms with Gasteiger partial charge >= 0.3 is 0 Å². The topological polar surface area (TPSA) is 167 Å². The SMILES string of the molecule is COc1ccc(C2CC(=O)N(CC(=O)Nc3ccccn3)C2)cc1OC1CCCC1.COc1ccc(CCNC(=O)CN2CC(c3ccc(OC)c(OC4CCCC4)c3)CC2=O)cc1OC. The maximum atomic E-state index is 12.7. The third-order valence-corrected chi connectivity index (χ3v) is 12.7. The van der Waals surface area contributed by atoms with E-state index in [1.165, 1.54) is 25.7 Å². The molecule has 4 aliphatic rings. The van der Waals surface area contributed by atoms with E-state index in [0.717, 1.165) is 53.9 Å². The minimum atomic E-state index is -0.248. The van der Waals surface area contributed by atoms with Crippen LogP contribution in [0.2, 0.25) is 0 Å². The lowest BCUT2D eigenvalue weighted by Gasteiger charge is -2.19. The first kappa shape index (κ1) is 47.5. The molecule has 3 heterocycles. The van der Waals surface area contributed by atoms with Crippen molar-refractivity contribution in [2.75, 3.05) is 66.5 Å². The molecule has 15 heteroatoms. The van der Waals surface area contributed by atoms with E-state index in [9.17, 15) is 19.2 Å². The van der Waals surface area contributed by atoms with Crippen LogP contribution in [0.1, 0.15) is 92.7 Å². The number of amides is 4. The minimum absolute atomic E-state index is 0.0101.